The van der Waals surface area contributed by atoms with Gasteiger partial charge in [-0.2, -0.15) is 9.67 Å². The van der Waals surface area contributed by atoms with Gasteiger partial charge in [0.1, 0.15) is 5.76 Å². The molecule has 0 N–H and O–H groups in total. The molecule has 0 bridgehead atoms. The molecule has 4 rings (SSSR count). The standard InChI is InChI=1S/C16H14ClN5O3/c1-9-13(10(2)25-19-9)7-21-15(23)18-14-8-20(16(24)22(14)21)12-5-3-4-11(17)6-12/h3-6H,7-8H2,1-2H3. The number of rotatable bonds is 3. The molecule has 0 spiro atoms. The molecular weight excluding hydrogens is 346 g/mol. The molecule has 128 valence electrons. The van der Waals surface area contributed by atoms with Crippen molar-refractivity contribution in [1.82, 2.24) is 19.5 Å². The fraction of sp³-hybridized carbons (Fsp3) is 0.250. The molecule has 0 atom stereocenters. The van der Waals surface area contributed by atoms with E-state index in [-0.39, 0.29) is 19.1 Å². The lowest BCUT2D eigenvalue weighted by Gasteiger charge is -2.16. The SMILES string of the molecule is Cc1noc(C)c1Cn1c(=O)nc2n1C(=O)N(c1cccc(Cl)c1)C2. The van der Waals surface area contributed by atoms with Gasteiger partial charge < -0.3 is 4.52 Å². The van der Waals surface area contributed by atoms with Gasteiger partial charge in [0.15, 0.2) is 5.82 Å². The monoisotopic (exact) mass is 359 g/mol. The van der Waals surface area contributed by atoms with Crippen LogP contribution in [0.3, 0.4) is 0 Å². The van der Waals surface area contributed by atoms with Gasteiger partial charge in [-0.15, -0.1) is 0 Å². The first-order valence-electron chi connectivity index (χ1n) is 7.63. The number of carbonyl (C=O) groups is 1. The number of nitrogens with zero attached hydrogens (tertiary/aromatic N) is 5. The third-order valence-corrected chi connectivity index (χ3v) is 4.49. The Hall–Kier alpha value is -2.87. The fourth-order valence-corrected chi connectivity index (χ4v) is 3.13. The van der Waals surface area contributed by atoms with Crippen LogP contribution < -0.4 is 10.6 Å². The predicted octanol–water partition coefficient (Wildman–Crippen LogP) is 2.34. The molecule has 1 aromatic carbocycles. The van der Waals surface area contributed by atoms with Crippen LogP contribution in [0.5, 0.6) is 0 Å². The number of aromatic nitrogens is 4. The van der Waals surface area contributed by atoms with Crippen molar-refractivity contribution >= 4 is 23.3 Å². The van der Waals surface area contributed by atoms with E-state index in [2.05, 4.69) is 10.1 Å². The number of hydrogen-bond acceptors (Lipinski definition) is 5. The minimum Gasteiger partial charge on any atom is -0.361 e. The van der Waals surface area contributed by atoms with Gasteiger partial charge >= 0.3 is 11.7 Å². The number of benzene rings is 1. The van der Waals surface area contributed by atoms with E-state index in [9.17, 15) is 9.59 Å². The van der Waals surface area contributed by atoms with Crippen molar-refractivity contribution in [2.45, 2.75) is 26.9 Å². The van der Waals surface area contributed by atoms with Crippen LogP contribution in [-0.2, 0) is 13.1 Å². The van der Waals surface area contributed by atoms with Crippen molar-refractivity contribution < 1.29 is 9.32 Å². The number of hydrogen-bond donors (Lipinski definition) is 0. The molecule has 8 nitrogen and oxygen atoms in total. The van der Waals surface area contributed by atoms with Gasteiger partial charge in [-0.05, 0) is 32.0 Å². The number of anilines is 1. The van der Waals surface area contributed by atoms with E-state index in [0.29, 0.717) is 28.0 Å². The highest BCUT2D eigenvalue weighted by atomic mass is 35.5. The highest BCUT2D eigenvalue weighted by Crippen LogP contribution is 2.25. The van der Waals surface area contributed by atoms with Crippen LogP contribution in [0.25, 0.3) is 0 Å². The summed E-state index contributed by atoms with van der Waals surface area (Å²) >= 11 is 6.01. The molecule has 1 aliphatic rings. The summed E-state index contributed by atoms with van der Waals surface area (Å²) in [4.78, 5) is 30.6. The Labute approximate surface area is 147 Å². The van der Waals surface area contributed by atoms with Gasteiger partial charge in [0.2, 0.25) is 0 Å². The lowest BCUT2D eigenvalue weighted by Crippen LogP contribution is -2.34. The van der Waals surface area contributed by atoms with E-state index in [0.717, 1.165) is 5.56 Å². The molecule has 9 heteroatoms. The lowest BCUT2D eigenvalue weighted by atomic mass is 10.2. The van der Waals surface area contributed by atoms with Crippen LogP contribution in [-0.4, -0.2) is 25.5 Å². The summed E-state index contributed by atoms with van der Waals surface area (Å²) in [5.74, 6) is 0.999. The first-order chi connectivity index (χ1) is 12.0. The molecule has 25 heavy (non-hydrogen) atoms. The second-order valence-corrected chi connectivity index (χ2v) is 6.27. The van der Waals surface area contributed by atoms with Crippen molar-refractivity contribution in [2.75, 3.05) is 4.90 Å². The van der Waals surface area contributed by atoms with Gasteiger partial charge in [-0.1, -0.05) is 22.8 Å². The summed E-state index contributed by atoms with van der Waals surface area (Å²) in [6.07, 6.45) is 0. The maximum atomic E-state index is 12.8. The molecule has 0 fully saturated rings. The molecule has 3 aromatic rings. The summed E-state index contributed by atoms with van der Waals surface area (Å²) in [5.41, 5.74) is 1.62. The van der Waals surface area contributed by atoms with Crippen LogP contribution >= 0.6 is 11.6 Å². The Bertz CT molecular complexity index is 1030. The molecule has 0 saturated heterocycles. The van der Waals surface area contributed by atoms with E-state index >= 15 is 0 Å². The molecule has 0 saturated carbocycles. The van der Waals surface area contributed by atoms with E-state index in [1.54, 1.807) is 38.1 Å². The smallest absolute Gasteiger partial charge is 0.361 e. The van der Waals surface area contributed by atoms with E-state index < -0.39 is 5.69 Å². The molecule has 3 heterocycles. The zero-order valence-corrected chi connectivity index (χ0v) is 14.3. The number of amides is 1. The second kappa shape index (κ2) is 5.59. The van der Waals surface area contributed by atoms with Crippen LogP contribution in [0.4, 0.5) is 10.5 Å². The summed E-state index contributed by atoms with van der Waals surface area (Å²) in [6.45, 7) is 3.94. The maximum absolute atomic E-state index is 12.8. The van der Waals surface area contributed by atoms with Crippen molar-refractivity contribution in [3.05, 3.63) is 62.6 Å². The molecule has 2 aromatic heterocycles. The highest BCUT2D eigenvalue weighted by Gasteiger charge is 2.33. The first kappa shape index (κ1) is 15.6. The Kier molecular flexibility index (Phi) is 3.50. The van der Waals surface area contributed by atoms with Gasteiger partial charge in [0.05, 0.1) is 18.8 Å². The first-order valence-corrected chi connectivity index (χ1v) is 8.01. The van der Waals surface area contributed by atoms with Crippen molar-refractivity contribution in [3.8, 4) is 0 Å². The number of carbonyl (C=O) groups excluding carboxylic acids is 1. The highest BCUT2D eigenvalue weighted by molar-refractivity contribution is 6.30. The Morgan fingerprint density at radius 2 is 2.08 bits per heavy atom. The minimum absolute atomic E-state index is 0.169. The summed E-state index contributed by atoms with van der Waals surface area (Å²) in [5, 5.41) is 4.41. The minimum atomic E-state index is -0.478. The second-order valence-electron chi connectivity index (χ2n) is 5.83. The summed E-state index contributed by atoms with van der Waals surface area (Å²) in [6, 6.07) is 6.63. The number of aryl methyl sites for hydroxylation is 2. The van der Waals surface area contributed by atoms with E-state index in [1.165, 1.54) is 14.3 Å². The van der Waals surface area contributed by atoms with Crippen molar-refractivity contribution in [3.63, 3.8) is 0 Å². The third-order valence-electron chi connectivity index (χ3n) is 4.25. The summed E-state index contributed by atoms with van der Waals surface area (Å²) < 4.78 is 7.73. The van der Waals surface area contributed by atoms with Gasteiger partial charge in [0.25, 0.3) is 0 Å². The van der Waals surface area contributed by atoms with Crippen molar-refractivity contribution in [1.29, 1.82) is 0 Å². The average Bonchev–Trinajstić information content (AvgIpc) is 3.17. The van der Waals surface area contributed by atoms with Crippen LogP contribution in [0.2, 0.25) is 5.02 Å². The Morgan fingerprint density at radius 1 is 1.28 bits per heavy atom. The fourth-order valence-electron chi connectivity index (χ4n) is 2.94. The Morgan fingerprint density at radius 3 is 2.76 bits per heavy atom. The average molecular weight is 360 g/mol. The van der Waals surface area contributed by atoms with Crippen molar-refractivity contribution in [2.24, 2.45) is 0 Å². The van der Waals surface area contributed by atoms with Gasteiger partial charge in [0, 0.05) is 16.3 Å². The molecule has 0 aliphatic carbocycles. The zero-order valence-electron chi connectivity index (χ0n) is 13.6. The number of halogens is 1. The predicted molar refractivity (Wildman–Crippen MR) is 90.0 cm³/mol. The van der Waals surface area contributed by atoms with Crippen LogP contribution in [0, 0.1) is 13.8 Å². The zero-order chi connectivity index (χ0) is 17.7. The molecule has 0 radical (unpaired) electrons. The van der Waals surface area contributed by atoms with E-state index in [4.69, 9.17) is 16.1 Å². The normalized spacial score (nSPS) is 13.6. The molecular formula is C16H14ClN5O3. The lowest BCUT2D eigenvalue weighted by molar-refractivity contribution is 0.244. The molecule has 1 aliphatic heterocycles. The largest absolute Gasteiger partial charge is 0.364 e. The van der Waals surface area contributed by atoms with Crippen LogP contribution in [0.1, 0.15) is 22.8 Å². The maximum Gasteiger partial charge on any atom is 0.364 e. The van der Waals surface area contributed by atoms with Crippen LogP contribution in [0.15, 0.2) is 33.6 Å². The number of fused-ring (bicyclic) bond motifs is 1. The topological polar surface area (TPSA) is 86.2 Å². The summed E-state index contributed by atoms with van der Waals surface area (Å²) in [7, 11) is 0. The molecule has 0 unspecified atom stereocenters. The quantitative estimate of drug-likeness (QED) is 0.716. The Balaban J connectivity index is 1.74. The third kappa shape index (κ3) is 2.45. The molecule has 1 amide bonds. The van der Waals surface area contributed by atoms with E-state index in [1.807, 2.05) is 0 Å². The van der Waals surface area contributed by atoms with Gasteiger partial charge in [-0.25, -0.2) is 14.3 Å². The van der Waals surface area contributed by atoms with Gasteiger partial charge in [-0.3, -0.25) is 4.90 Å².